The molecule has 1 amide bonds. The van der Waals surface area contributed by atoms with Crippen molar-refractivity contribution >= 4 is 27.3 Å². The molecule has 2 N–H and O–H groups in total. The fraction of sp³-hybridized carbons (Fsp3) is 0.136. The molecule has 0 spiro atoms. The van der Waals surface area contributed by atoms with Gasteiger partial charge in [-0.05, 0) is 61.9 Å². The number of benzene rings is 3. The second-order valence-corrected chi connectivity index (χ2v) is 8.82. The van der Waals surface area contributed by atoms with E-state index in [9.17, 15) is 27.7 Å². The van der Waals surface area contributed by atoms with Gasteiger partial charge in [0, 0.05) is 22.9 Å². The van der Waals surface area contributed by atoms with Crippen molar-refractivity contribution in [2.24, 2.45) is 0 Å². The molecule has 3 rings (SSSR count). The van der Waals surface area contributed by atoms with Crippen LogP contribution in [0.4, 0.5) is 15.8 Å². The van der Waals surface area contributed by atoms with E-state index in [2.05, 4.69) is 10.0 Å². The third kappa shape index (κ3) is 5.27. The number of nitrogens with one attached hydrogen (secondary N) is 2. The lowest BCUT2D eigenvalue weighted by atomic mass is 10.1. The molecule has 1 atom stereocenters. The highest BCUT2D eigenvalue weighted by molar-refractivity contribution is 7.92. The molecule has 0 fully saturated rings. The van der Waals surface area contributed by atoms with Crippen LogP contribution >= 0.6 is 0 Å². The fourth-order valence-electron chi connectivity index (χ4n) is 2.97. The minimum Gasteiger partial charge on any atom is -0.346 e. The highest BCUT2D eigenvalue weighted by Gasteiger charge is 2.20. The minimum atomic E-state index is -4.06. The lowest BCUT2D eigenvalue weighted by Gasteiger charge is -2.15. The number of anilines is 1. The van der Waals surface area contributed by atoms with Gasteiger partial charge in [0.15, 0.2) is 0 Å². The number of rotatable bonds is 7. The van der Waals surface area contributed by atoms with Gasteiger partial charge in [-0.1, -0.05) is 18.2 Å². The molecule has 1 unspecified atom stereocenters. The predicted molar refractivity (Wildman–Crippen MR) is 117 cm³/mol. The van der Waals surface area contributed by atoms with Crippen LogP contribution in [0.5, 0.6) is 0 Å². The normalized spacial score (nSPS) is 12.1. The van der Waals surface area contributed by atoms with E-state index in [1.807, 2.05) is 0 Å². The van der Waals surface area contributed by atoms with Gasteiger partial charge in [-0.25, -0.2) is 12.8 Å². The molecular formula is C22H20FN3O5S. The zero-order valence-electron chi connectivity index (χ0n) is 17.2. The van der Waals surface area contributed by atoms with E-state index in [1.165, 1.54) is 55.5 Å². The molecule has 0 aliphatic heterocycles. The minimum absolute atomic E-state index is 0.191. The number of aryl methyl sites for hydroxylation is 1. The summed E-state index contributed by atoms with van der Waals surface area (Å²) in [5, 5.41) is 13.9. The average Bonchev–Trinajstić information content (AvgIpc) is 2.74. The molecule has 0 saturated carbocycles. The van der Waals surface area contributed by atoms with Gasteiger partial charge in [-0.3, -0.25) is 19.6 Å². The molecule has 32 heavy (non-hydrogen) atoms. The Bertz CT molecular complexity index is 1260. The molecule has 0 saturated heterocycles. The predicted octanol–water partition coefficient (Wildman–Crippen LogP) is 4.33. The van der Waals surface area contributed by atoms with Crippen molar-refractivity contribution in [2.75, 3.05) is 4.72 Å². The van der Waals surface area contributed by atoms with Crippen molar-refractivity contribution in [1.29, 1.82) is 0 Å². The standard InChI is InChI=1S/C22H20FN3O5S/c1-14-3-12-20(13-21(14)26(28)29)32(30,31)25-19-10-6-17(7-11-19)22(27)24-15(2)16-4-8-18(23)9-5-16/h3-13,15,25H,1-2H3,(H,24,27). The van der Waals surface area contributed by atoms with E-state index in [4.69, 9.17) is 0 Å². The molecule has 0 aliphatic carbocycles. The zero-order valence-corrected chi connectivity index (χ0v) is 18.0. The van der Waals surface area contributed by atoms with Gasteiger partial charge in [0.2, 0.25) is 0 Å². The second kappa shape index (κ2) is 9.15. The largest absolute Gasteiger partial charge is 0.346 e. The van der Waals surface area contributed by atoms with Crippen LogP contribution in [-0.4, -0.2) is 19.2 Å². The summed E-state index contributed by atoms with van der Waals surface area (Å²) in [4.78, 5) is 22.6. The highest BCUT2D eigenvalue weighted by atomic mass is 32.2. The Morgan fingerprint density at radius 1 is 1.03 bits per heavy atom. The van der Waals surface area contributed by atoms with Crippen LogP contribution in [-0.2, 0) is 10.0 Å². The third-order valence-electron chi connectivity index (χ3n) is 4.80. The molecule has 8 nitrogen and oxygen atoms in total. The van der Waals surface area contributed by atoms with Gasteiger partial charge in [0.1, 0.15) is 5.82 Å². The van der Waals surface area contributed by atoms with Crippen LogP contribution < -0.4 is 10.0 Å². The molecular weight excluding hydrogens is 437 g/mol. The SMILES string of the molecule is Cc1ccc(S(=O)(=O)Nc2ccc(C(=O)NC(C)c3ccc(F)cc3)cc2)cc1[N+](=O)[O-]. The van der Waals surface area contributed by atoms with Crippen molar-refractivity contribution in [3.63, 3.8) is 0 Å². The zero-order chi connectivity index (χ0) is 23.5. The summed E-state index contributed by atoms with van der Waals surface area (Å²) >= 11 is 0. The average molecular weight is 457 g/mol. The monoisotopic (exact) mass is 457 g/mol. The number of hydrogen-bond acceptors (Lipinski definition) is 5. The molecule has 0 aliphatic rings. The summed E-state index contributed by atoms with van der Waals surface area (Å²) < 4.78 is 40.6. The van der Waals surface area contributed by atoms with E-state index < -0.39 is 14.9 Å². The van der Waals surface area contributed by atoms with Crippen LogP contribution in [0.3, 0.4) is 0 Å². The number of nitro benzene ring substituents is 1. The molecule has 0 aromatic heterocycles. The van der Waals surface area contributed by atoms with Crippen molar-refractivity contribution in [3.8, 4) is 0 Å². The number of hydrogen-bond donors (Lipinski definition) is 2. The van der Waals surface area contributed by atoms with Crippen LogP contribution in [0.2, 0.25) is 0 Å². The van der Waals surface area contributed by atoms with E-state index in [1.54, 1.807) is 19.1 Å². The molecule has 0 heterocycles. The summed E-state index contributed by atoms with van der Waals surface area (Å²) in [5.41, 5.74) is 1.27. The van der Waals surface area contributed by atoms with Gasteiger partial charge >= 0.3 is 0 Å². The maximum Gasteiger partial charge on any atom is 0.273 e. The van der Waals surface area contributed by atoms with E-state index >= 15 is 0 Å². The Labute approximate surface area is 184 Å². The Morgan fingerprint density at radius 2 is 1.66 bits per heavy atom. The highest BCUT2D eigenvalue weighted by Crippen LogP contribution is 2.24. The van der Waals surface area contributed by atoms with Crippen molar-refractivity contribution in [1.82, 2.24) is 5.32 Å². The van der Waals surface area contributed by atoms with Gasteiger partial charge in [-0.2, -0.15) is 0 Å². The number of sulfonamides is 1. The molecule has 0 bridgehead atoms. The smallest absolute Gasteiger partial charge is 0.273 e. The summed E-state index contributed by atoms with van der Waals surface area (Å²) in [6, 6.07) is 14.8. The summed E-state index contributed by atoms with van der Waals surface area (Å²) in [7, 11) is -4.06. The summed E-state index contributed by atoms with van der Waals surface area (Å²) in [6.07, 6.45) is 0. The first-order chi connectivity index (χ1) is 15.1. The number of carbonyl (C=O) groups is 1. The fourth-order valence-corrected chi connectivity index (χ4v) is 4.05. The van der Waals surface area contributed by atoms with E-state index in [0.29, 0.717) is 11.1 Å². The van der Waals surface area contributed by atoms with Crippen LogP contribution in [0, 0.1) is 22.9 Å². The number of amides is 1. The summed E-state index contributed by atoms with van der Waals surface area (Å²) in [6.45, 7) is 3.27. The molecule has 3 aromatic rings. The third-order valence-corrected chi connectivity index (χ3v) is 6.18. The van der Waals surface area contributed by atoms with Gasteiger partial charge in [0.05, 0.1) is 15.9 Å². The molecule has 10 heteroatoms. The van der Waals surface area contributed by atoms with E-state index in [-0.39, 0.29) is 34.0 Å². The van der Waals surface area contributed by atoms with Crippen molar-refractivity contribution in [2.45, 2.75) is 24.8 Å². The summed E-state index contributed by atoms with van der Waals surface area (Å²) in [5.74, 6) is -0.754. The first-order valence-electron chi connectivity index (χ1n) is 9.51. The first-order valence-corrected chi connectivity index (χ1v) is 11.0. The number of nitrogens with zero attached hydrogens (tertiary/aromatic N) is 1. The van der Waals surface area contributed by atoms with Gasteiger partial charge in [-0.15, -0.1) is 0 Å². The number of halogens is 1. The van der Waals surface area contributed by atoms with Gasteiger partial charge < -0.3 is 5.32 Å². The van der Waals surface area contributed by atoms with Crippen molar-refractivity contribution in [3.05, 3.63) is 99.4 Å². The maximum atomic E-state index is 13.0. The molecule has 3 aromatic carbocycles. The molecule has 0 radical (unpaired) electrons. The Balaban J connectivity index is 1.71. The lowest BCUT2D eigenvalue weighted by Crippen LogP contribution is -2.26. The number of carbonyl (C=O) groups excluding carboxylic acids is 1. The maximum absolute atomic E-state index is 13.0. The van der Waals surface area contributed by atoms with E-state index in [0.717, 1.165) is 11.6 Å². The quantitative estimate of drug-likeness (QED) is 0.404. The Morgan fingerprint density at radius 3 is 2.25 bits per heavy atom. The Hall–Kier alpha value is -3.79. The lowest BCUT2D eigenvalue weighted by molar-refractivity contribution is -0.385. The molecule has 166 valence electrons. The van der Waals surface area contributed by atoms with Gasteiger partial charge in [0.25, 0.3) is 21.6 Å². The van der Waals surface area contributed by atoms with Crippen LogP contribution in [0.1, 0.15) is 34.5 Å². The van der Waals surface area contributed by atoms with Crippen molar-refractivity contribution < 1.29 is 22.5 Å². The number of nitro groups is 1. The van der Waals surface area contributed by atoms with Crippen LogP contribution in [0.15, 0.2) is 71.6 Å². The topological polar surface area (TPSA) is 118 Å². The van der Waals surface area contributed by atoms with Crippen LogP contribution in [0.25, 0.3) is 0 Å². The Kier molecular flexibility index (Phi) is 6.54. The second-order valence-electron chi connectivity index (χ2n) is 7.13. The first kappa shape index (κ1) is 22.9.